The minimum atomic E-state index is -0.875. The van der Waals surface area contributed by atoms with E-state index in [1.54, 1.807) is 0 Å². The number of hydrogen-bond donors (Lipinski definition) is 1. The van der Waals surface area contributed by atoms with Gasteiger partial charge in [-0.15, -0.1) is 0 Å². The Bertz CT molecular complexity index is 279. The minimum Gasteiger partial charge on any atom is -0.465 e. The third-order valence-electron chi connectivity index (χ3n) is 3.16. The average Bonchev–Trinajstić information content (AvgIpc) is 2.66. The van der Waals surface area contributed by atoms with Gasteiger partial charge in [-0.3, -0.25) is 4.79 Å². The molecular formula is C10H15NO4. The largest absolute Gasteiger partial charge is 0.465 e. The van der Waals surface area contributed by atoms with Gasteiger partial charge in [-0.2, -0.15) is 0 Å². The van der Waals surface area contributed by atoms with Crippen LogP contribution < -0.4 is 0 Å². The number of nitrogens with zero attached hydrogens (tertiary/aromatic N) is 1. The normalized spacial score (nSPS) is 32.0. The first-order valence-electron chi connectivity index (χ1n) is 5.28. The van der Waals surface area contributed by atoms with Crippen LogP contribution >= 0.6 is 0 Å². The number of likely N-dealkylation sites (tertiary alicyclic amines) is 1. The number of carbonyl (C=O) groups is 2. The molecule has 5 nitrogen and oxygen atoms in total. The van der Waals surface area contributed by atoms with Crippen LogP contribution in [0.2, 0.25) is 0 Å². The second kappa shape index (κ2) is 4.18. The molecule has 84 valence electrons. The molecule has 15 heavy (non-hydrogen) atoms. The molecule has 0 aromatic heterocycles. The maximum atomic E-state index is 11.2. The van der Waals surface area contributed by atoms with Crippen LogP contribution in [0.5, 0.6) is 0 Å². The highest BCUT2D eigenvalue weighted by Gasteiger charge is 2.34. The Balaban J connectivity index is 1.89. The Morgan fingerprint density at radius 2 is 2.33 bits per heavy atom. The zero-order valence-corrected chi connectivity index (χ0v) is 8.52. The van der Waals surface area contributed by atoms with E-state index in [9.17, 15) is 9.59 Å². The molecule has 2 aliphatic heterocycles. The number of hydrogen-bond acceptors (Lipinski definition) is 3. The summed E-state index contributed by atoms with van der Waals surface area (Å²) in [5.41, 5.74) is 0. The average molecular weight is 213 g/mol. The number of carboxylic acid groups (broad SMARTS) is 1. The zero-order valence-electron chi connectivity index (χ0n) is 8.52. The van der Waals surface area contributed by atoms with E-state index in [4.69, 9.17) is 9.84 Å². The Kier molecular flexibility index (Phi) is 2.90. The van der Waals surface area contributed by atoms with Crippen LogP contribution in [0.4, 0.5) is 4.79 Å². The van der Waals surface area contributed by atoms with Crippen molar-refractivity contribution in [2.24, 2.45) is 5.92 Å². The number of rotatable bonds is 1. The van der Waals surface area contributed by atoms with Crippen molar-refractivity contribution in [3.63, 3.8) is 0 Å². The van der Waals surface area contributed by atoms with E-state index >= 15 is 0 Å². The highest BCUT2D eigenvalue weighted by Crippen LogP contribution is 2.26. The van der Waals surface area contributed by atoms with Crippen molar-refractivity contribution in [3.05, 3.63) is 0 Å². The molecule has 0 spiro atoms. The second-order valence-corrected chi connectivity index (χ2v) is 4.18. The fourth-order valence-corrected chi connectivity index (χ4v) is 2.28. The lowest BCUT2D eigenvalue weighted by molar-refractivity contribution is -0.130. The molecule has 0 aromatic rings. The maximum Gasteiger partial charge on any atom is 0.407 e. The highest BCUT2D eigenvalue weighted by molar-refractivity contribution is 5.79. The van der Waals surface area contributed by atoms with Gasteiger partial charge in [-0.1, -0.05) is 0 Å². The van der Waals surface area contributed by atoms with Crippen molar-refractivity contribution in [2.75, 3.05) is 19.7 Å². The second-order valence-electron chi connectivity index (χ2n) is 4.18. The van der Waals surface area contributed by atoms with Gasteiger partial charge in [0.1, 0.15) is 5.78 Å². The molecule has 2 saturated heterocycles. The quantitative estimate of drug-likeness (QED) is 0.697. The molecule has 0 aromatic carbocycles. The van der Waals surface area contributed by atoms with Gasteiger partial charge in [0, 0.05) is 31.8 Å². The predicted molar refractivity (Wildman–Crippen MR) is 51.7 cm³/mol. The summed E-state index contributed by atoms with van der Waals surface area (Å²) in [5.74, 6) is 0.436. The number of amides is 1. The lowest BCUT2D eigenvalue weighted by Gasteiger charge is -2.26. The summed E-state index contributed by atoms with van der Waals surface area (Å²) in [5, 5.41) is 8.80. The molecule has 1 N–H and O–H groups in total. The SMILES string of the molecule is O=C1CCOC(C2CCN(C(=O)O)C2)C1. The van der Waals surface area contributed by atoms with E-state index < -0.39 is 6.09 Å². The first-order valence-corrected chi connectivity index (χ1v) is 5.28. The molecular weight excluding hydrogens is 198 g/mol. The number of Topliss-reactive ketones (excluding diaryl/α,β-unsaturated/α-hetero) is 1. The van der Waals surface area contributed by atoms with Crippen molar-refractivity contribution in [3.8, 4) is 0 Å². The number of ether oxygens (including phenoxy) is 1. The Morgan fingerprint density at radius 1 is 1.53 bits per heavy atom. The summed E-state index contributed by atoms with van der Waals surface area (Å²) < 4.78 is 5.52. The van der Waals surface area contributed by atoms with Crippen molar-refractivity contribution in [1.82, 2.24) is 4.90 Å². The Labute approximate surface area is 88.0 Å². The Hall–Kier alpha value is -1.10. The molecule has 0 saturated carbocycles. The van der Waals surface area contributed by atoms with E-state index in [0.29, 0.717) is 32.5 Å². The summed E-state index contributed by atoms with van der Waals surface area (Å²) in [6.45, 7) is 1.56. The van der Waals surface area contributed by atoms with E-state index in [1.165, 1.54) is 4.90 Å². The molecule has 5 heteroatoms. The van der Waals surface area contributed by atoms with Crippen LogP contribution in [0.15, 0.2) is 0 Å². The van der Waals surface area contributed by atoms with Crippen molar-refractivity contribution in [2.45, 2.75) is 25.4 Å². The van der Waals surface area contributed by atoms with Gasteiger partial charge in [-0.25, -0.2) is 4.79 Å². The van der Waals surface area contributed by atoms with E-state index in [0.717, 1.165) is 6.42 Å². The van der Waals surface area contributed by atoms with E-state index in [-0.39, 0.29) is 17.8 Å². The van der Waals surface area contributed by atoms with E-state index in [1.807, 2.05) is 0 Å². The maximum absolute atomic E-state index is 11.2. The van der Waals surface area contributed by atoms with Crippen LogP contribution in [-0.2, 0) is 9.53 Å². The van der Waals surface area contributed by atoms with Crippen molar-refractivity contribution < 1.29 is 19.4 Å². The number of carbonyl (C=O) groups excluding carboxylic acids is 1. The summed E-state index contributed by atoms with van der Waals surface area (Å²) in [6, 6.07) is 0. The summed E-state index contributed by atoms with van der Waals surface area (Å²) in [6.07, 6.45) is 0.837. The van der Waals surface area contributed by atoms with Gasteiger partial charge in [0.25, 0.3) is 0 Å². The minimum absolute atomic E-state index is 0.0596. The van der Waals surface area contributed by atoms with Crippen LogP contribution in [0.1, 0.15) is 19.3 Å². The molecule has 0 radical (unpaired) electrons. The lowest BCUT2D eigenvalue weighted by atomic mass is 9.94. The summed E-state index contributed by atoms with van der Waals surface area (Å²) in [4.78, 5) is 23.3. The van der Waals surface area contributed by atoms with Crippen molar-refractivity contribution in [1.29, 1.82) is 0 Å². The fraction of sp³-hybridized carbons (Fsp3) is 0.800. The standard InChI is InChI=1S/C10H15NO4/c12-8-2-4-15-9(5-8)7-1-3-11(6-7)10(13)14/h7,9H,1-6H2,(H,13,14). The topological polar surface area (TPSA) is 66.8 Å². The van der Waals surface area contributed by atoms with Crippen molar-refractivity contribution >= 4 is 11.9 Å². The summed E-state index contributed by atoms with van der Waals surface area (Å²) >= 11 is 0. The Morgan fingerprint density at radius 3 is 2.93 bits per heavy atom. The third-order valence-corrected chi connectivity index (χ3v) is 3.16. The van der Waals surface area contributed by atoms with Gasteiger partial charge < -0.3 is 14.7 Å². The van der Waals surface area contributed by atoms with Gasteiger partial charge in [0.05, 0.1) is 12.7 Å². The van der Waals surface area contributed by atoms with Gasteiger partial charge >= 0.3 is 6.09 Å². The van der Waals surface area contributed by atoms with Gasteiger partial charge in [0.2, 0.25) is 0 Å². The summed E-state index contributed by atoms with van der Waals surface area (Å²) in [7, 11) is 0. The number of ketones is 1. The van der Waals surface area contributed by atoms with Crippen LogP contribution in [-0.4, -0.2) is 47.7 Å². The molecule has 2 rings (SSSR count). The van der Waals surface area contributed by atoms with Crippen LogP contribution in [0.25, 0.3) is 0 Å². The van der Waals surface area contributed by atoms with E-state index in [2.05, 4.69) is 0 Å². The fourth-order valence-electron chi connectivity index (χ4n) is 2.28. The third kappa shape index (κ3) is 2.28. The molecule has 2 fully saturated rings. The van der Waals surface area contributed by atoms with Crippen LogP contribution in [0, 0.1) is 5.92 Å². The molecule has 1 amide bonds. The molecule has 2 heterocycles. The molecule has 0 aliphatic carbocycles. The first kappa shape index (κ1) is 10.4. The molecule has 2 unspecified atom stereocenters. The van der Waals surface area contributed by atoms with Crippen LogP contribution in [0.3, 0.4) is 0 Å². The van der Waals surface area contributed by atoms with Gasteiger partial charge in [-0.05, 0) is 6.42 Å². The molecule has 0 bridgehead atoms. The smallest absolute Gasteiger partial charge is 0.407 e. The molecule has 2 aliphatic rings. The van der Waals surface area contributed by atoms with Gasteiger partial charge in [0.15, 0.2) is 0 Å². The molecule has 2 atom stereocenters. The lowest BCUT2D eigenvalue weighted by Crippen LogP contribution is -2.35. The highest BCUT2D eigenvalue weighted by atomic mass is 16.5. The zero-order chi connectivity index (χ0) is 10.8. The first-order chi connectivity index (χ1) is 7.16. The monoisotopic (exact) mass is 213 g/mol. The predicted octanol–water partition coefficient (Wildman–Crippen LogP) is 0.734.